The van der Waals surface area contributed by atoms with Gasteiger partial charge in [-0.3, -0.25) is 4.90 Å². The van der Waals surface area contributed by atoms with Gasteiger partial charge in [-0.25, -0.2) is 0 Å². The van der Waals surface area contributed by atoms with Gasteiger partial charge in [-0.1, -0.05) is 20.8 Å². The maximum atomic E-state index is 10.3. The molecule has 2 nitrogen and oxygen atoms in total. The molecule has 88 valence electrons. The number of aliphatic hydroxyl groups is 1. The van der Waals surface area contributed by atoms with Crippen LogP contribution in [0.4, 0.5) is 0 Å². The van der Waals surface area contributed by atoms with Gasteiger partial charge < -0.3 is 5.11 Å². The SMILES string of the molecule is CCCN(C1CC1)C1CCC(C)(C)C1O. The number of rotatable bonds is 4. The Morgan fingerprint density at radius 2 is 1.93 bits per heavy atom. The average molecular weight is 211 g/mol. The Hall–Kier alpha value is -0.0800. The van der Waals surface area contributed by atoms with Crippen molar-refractivity contribution in [2.45, 2.75) is 71.1 Å². The van der Waals surface area contributed by atoms with Gasteiger partial charge in [-0.15, -0.1) is 0 Å². The fourth-order valence-corrected chi connectivity index (χ4v) is 2.98. The summed E-state index contributed by atoms with van der Waals surface area (Å²) in [5.74, 6) is 0. The smallest absolute Gasteiger partial charge is 0.0746 e. The van der Waals surface area contributed by atoms with Gasteiger partial charge in [0.15, 0.2) is 0 Å². The van der Waals surface area contributed by atoms with Crippen molar-refractivity contribution >= 4 is 0 Å². The highest BCUT2D eigenvalue weighted by atomic mass is 16.3. The van der Waals surface area contributed by atoms with E-state index in [2.05, 4.69) is 25.7 Å². The molecule has 0 radical (unpaired) electrons. The van der Waals surface area contributed by atoms with Crippen LogP contribution in [-0.4, -0.2) is 34.7 Å². The van der Waals surface area contributed by atoms with E-state index in [9.17, 15) is 5.11 Å². The second-order valence-corrected chi connectivity index (χ2v) is 6.01. The Bertz CT molecular complexity index is 223. The minimum absolute atomic E-state index is 0.121. The molecular weight excluding hydrogens is 186 g/mol. The summed E-state index contributed by atoms with van der Waals surface area (Å²) in [4.78, 5) is 2.58. The van der Waals surface area contributed by atoms with Crippen molar-refractivity contribution in [3.63, 3.8) is 0 Å². The lowest BCUT2D eigenvalue weighted by Gasteiger charge is -2.34. The van der Waals surface area contributed by atoms with Crippen LogP contribution < -0.4 is 0 Å². The molecule has 2 aliphatic rings. The van der Waals surface area contributed by atoms with Crippen LogP contribution in [0.15, 0.2) is 0 Å². The van der Waals surface area contributed by atoms with E-state index in [0.29, 0.717) is 6.04 Å². The summed E-state index contributed by atoms with van der Waals surface area (Å²) >= 11 is 0. The van der Waals surface area contributed by atoms with Crippen molar-refractivity contribution in [2.75, 3.05) is 6.54 Å². The normalized spacial score (nSPS) is 35.0. The molecule has 0 aliphatic heterocycles. The van der Waals surface area contributed by atoms with Gasteiger partial charge in [0.2, 0.25) is 0 Å². The van der Waals surface area contributed by atoms with Crippen LogP contribution in [0.2, 0.25) is 0 Å². The van der Waals surface area contributed by atoms with Crippen LogP contribution in [0.25, 0.3) is 0 Å². The van der Waals surface area contributed by atoms with E-state index in [1.165, 1.54) is 38.6 Å². The molecule has 2 heteroatoms. The van der Waals surface area contributed by atoms with Crippen molar-refractivity contribution in [1.82, 2.24) is 4.90 Å². The Balaban J connectivity index is 2.02. The molecule has 0 heterocycles. The molecule has 15 heavy (non-hydrogen) atoms. The lowest BCUT2D eigenvalue weighted by atomic mass is 9.88. The highest BCUT2D eigenvalue weighted by Crippen LogP contribution is 2.42. The first-order valence-electron chi connectivity index (χ1n) is 6.50. The summed E-state index contributed by atoms with van der Waals surface area (Å²) in [5.41, 5.74) is 0.131. The molecule has 0 bridgehead atoms. The van der Waals surface area contributed by atoms with Gasteiger partial charge in [-0.2, -0.15) is 0 Å². The van der Waals surface area contributed by atoms with E-state index in [4.69, 9.17) is 0 Å². The summed E-state index contributed by atoms with van der Waals surface area (Å²) in [7, 11) is 0. The number of nitrogens with zero attached hydrogens (tertiary/aromatic N) is 1. The summed E-state index contributed by atoms with van der Waals surface area (Å²) in [6, 6.07) is 1.23. The van der Waals surface area contributed by atoms with E-state index in [0.717, 1.165) is 6.04 Å². The zero-order valence-electron chi connectivity index (χ0n) is 10.4. The Morgan fingerprint density at radius 3 is 2.33 bits per heavy atom. The molecule has 0 aromatic carbocycles. The molecule has 2 unspecified atom stereocenters. The van der Waals surface area contributed by atoms with Crippen molar-refractivity contribution in [1.29, 1.82) is 0 Å². The summed E-state index contributed by atoms with van der Waals surface area (Å²) < 4.78 is 0. The molecule has 2 aliphatic carbocycles. The van der Waals surface area contributed by atoms with Gasteiger partial charge in [0.25, 0.3) is 0 Å². The Kier molecular flexibility index (Phi) is 3.09. The largest absolute Gasteiger partial charge is 0.391 e. The van der Waals surface area contributed by atoms with E-state index in [1.54, 1.807) is 0 Å². The highest BCUT2D eigenvalue weighted by Gasteiger charge is 2.46. The third-order valence-electron chi connectivity index (χ3n) is 4.17. The third-order valence-corrected chi connectivity index (χ3v) is 4.17. The monoisotopic (exact) mass is 211 g/mol. The molecule has 1 N–H and O–H groups in total. The second-order valence-electron chi connectivity index (χ2n) is 6.01. The van der Waals surface area contributed by atoms with Gasteiger partial charge in [0.1, 0.15) is 0 Å². The fourth-order valence-electron chi connectivity index (χ4n) is 2.98. The first kappa shape index (κ1) is 11.4. The topological polar surface area (TPSA) is 23.5 Å². The highest BCUT2D eigenvalue weighted by molar-refractivity contribution is 5.00. The minimum Gasteiger partial charge on any atom is -0.391 e. The zero-order chi connectivity index (χ0) is 11.1. The molecular formula is C13H25NO. The Labute approximate surface area is 93.7 Å². The fraction of sp³-hybridized carbons (Fsp3) is 1.00. The van der Waals surface area contributed by atoms with E-state index < -0.39 is 0 Å². The van der Waals surface area contributed by atoms with Gasteiger partial charge in [0, 0.05) is 12.1 Å². The lowest BCUT2D eigenvalue weighted by Crippen LogP contribution is -2.45. The van der Waals surface area contributed by atoms with Crippen LogP contribution >= 0.6 is 0 Å². The van der Waals surface area contributed by atoms with Gasteiger partial charge >= 0.3 is 0 Å². The van der Waals surface area contributed by atoms with E-state index >= 15 is 0 Å². The van der Waals surface area contributed by atoms with Crippen molar-refractivity contribution < 1.29 is 5.11 Å². The lowest BCUT2D eigenvalue weighted by molar-refractivity contribution is 0.0114. The summed E-state index contributed by atoms with van der Waals surface area (Å²) in [5, 5.41) is 10.3. The molecule has 2 fully saturated rings. The molecule has 0 spiro atoms. The van der Waals surface area contributed by atoms with E-state index in [-0.39, 0.29) is 11.5 Å². The summed E-state index contributed by atoms with van der Waals surface area (Å²) in [6.45, 7) is 7.81. The summed E-state index contributed by atoms with van der Waals surface area (Å²) in [6.07, 6.45) is 6.15. The predicted octanol–water partition coefficient (Wildman–Crippen LogP) is 2.41. The standard InChI is InChI=1S/C13H25NO/c1-4-9-14(10-5-6-10)11-7-8-13(2,3)12(11)15/h10-12,15H,4-9H2,1-3H3. The van der Waals surface area contributed by atoms with E-state index in [1.807, 2.05) is 0 Å². The van der Waals surface area contributed by atoms with Crippen molar-refractivity contribution in [2.24, 2.45) is 5.41 Å². The zero-order valence-corrected chi connectivity index (χ0v) is 10.4. The molecule has 0 aromatic rings. The number of hydrogen-bond acceptors (Lipinski definition) is 2. The molecule has 2 atom stereocenters. The maximum absolute atomic E-state index is 10.3. The molecule has 0 aromatic heterocycles. The average Bonchev–Trinajstić information content (AvgIpc) is 2.95. The third kappa shape index (κ3) is 2.21. The first-order chi connectivity index (χ1) is 7.06. The number of aliphatic hydroxyl groups excluding tert-OH is 1. The quantitative estimate of drug-likeness (QED) is 0.772. The molecule has 2 rings (SSSR count). The van der Waals surface area contributed by atoms with Crippen LogP contribution in [-0.2, 0) is 0 Å². The second kappa shape index (κ2) is 4.06. The molecule has 2 saturated carbocycles. The van der Waals surface area contributed by atoms with Crippen LogP contribution in [0.1, 0.15) is 52.9 Å². The number of hydrogen-bond donors (Lipinski definition) is 1. The maximum Gasteiger partial charge on any atom is 0.0746 e. The van der Waals surface area contributed by atoms with Crippen molar-refractivity contribution in [3.05, 3.63) is 0 Å². The van der Waals surface area contributed by atoms with Crippen LogP contribution in [0.5, 0.6) is 0 Å². The van der Waals surface area contributed by atoms with Crippen LogP contribution in [0.3, 0.4) is 0 Å². The molecule has 0 saturated heterocycles. The first-order valence-corrected chi connectivity index (χ1v) is 6.50. The Morgan fingerprint density at radius 1 is 1.27 bits per heavy atom. The van der Waals surface area contributed by atoms with Crippen LogP contribution in [0, 0.1) is 5.41 Å². The van der Waals surface area contributed by atoms with Crippen molar-refractivity contribution in [3.8, 4) is 0 Å². The molecule has 0 amide bonds. The van der Waals surface area contributed by atoms with Gasteiger partial charge in [0.05, 0.1) is 6.10 Å². The minimum atomic E-state index is -0.121. The predicted molar refractivity (Wildman–Crippen MR) is 62.8 cm³/mol. The van der Waals surface area contributed by atoms with Gasteiger partial charge in [-0.05, 0) is 44.1 Å².